The highest BCUT2D eigenvalue weighted by Crippen LogP contribution is 2.32. The number of hydrogen-bond donors (Lipinski definition) is 0. The molecule has 5 nitrogen and oxygen atoms in total. The first-order chi connectivity index (χ1) is 13.6. The predicted molar refractivity (Wildman–Crippen MR) is 103 cm³/mol. The van der Waals surface area contributed by atoms with Gasteiger partial charge in [0.1, 0.15) is 5.82 Å². The maximum absolute atomic E-state index is 13.9. The molecule has 0 bridgehead atoms. The number of piperidine rings is 2. The van der Waals surface area contributed by atoms with Crippen molar-refractivity contribution in [3.05, 3.63) is 65.7 Å². The Morgan fingerprint density at radius 2 is 2.04 bits per heavy atom. The second-order valence-electron chi connectivity index (χ2n) is 7.58. The van der Waals surface area contributed by atoms with Gasteiger partial charge in [-0.25, -0.2) is 4.39 Å². The van der Waals surface area contributed by atoms with Crippen LogP contribution in [0.4, 0.5) is 4.39 Å². The van der Waals surface area contributed by atoms with Gasteiger partial charge >= 0.3 is 0 Å². The van der Waals surface area contributed by atoms with E-state index >= 15 is 0 Å². The van der Waals surface area contributed by atoms with E-state index in [4.69, 9.17) is 0 Å². The number of amides is 2. The third kappa shape index (κ3) is 3.77. The third-order valence-corrected chi connectivity index (χ3v) is 5.92. The minimum Gasteiger partial charge on any atom is -0.339 e. The Hall–Kier alpha value is -2.76. The molecule has 0 radical (unpaired) electrons. The van der Waals surface area contributed by atoms with E-state index in [2.05, 4.69) is 4.98 Å². The van der Waals surface area contributed by atoms with Crippen LogP contribution in [0.3, 0.4) is 0 Å². The molecule has 2 saturated heterocycles. The molecular weight excluding hydrogens is 357 g/mol. The van der Waals surface area contributed by atoms with Crippen LogP contribution >= 0.6 is 0 Å². The van der Waals surface area contributed by atoms with Crippen LogP contribution in [0.5, 0.6) is 0 Å². The van der Waals surface area contributed by atoms with Crippen LogP contribution in [0.2, 0.25) is 0 Å². The van der Waals surface area contributed by atoms with Gasteiger partial charge in [-0.05, 0) is 48.9 Å². The van der Waals surface area contributed by atoms with Gasteiger partial charge in [0.2, 0.25) is 5.91 Å². The molecule has 3 heterocycles. The zero-order valence-corrected chi connectivity index (χ0v) is 15.8. The summed E-state index contributed by atoms with van der Waals surface area (Å²) in [6.07, 6.45) is 5.83. The van der Waals surface area contributed by atoms with Crippen molar-refractivity contribution in [2.24, 2.45) is 5.92 Å². The average molecular weight is 381 g/mol. The van der Waals surface area contributed by atoms with Crippen molar-refractivity contribution in [1.29, 1.82) is 0 Å². The summed E-state index contributed by atoms with van der Waals surface area (Å²) in [6, 6.07) is 10.4. The first-order valence-electron chi connectivity index (χ1n) is 9.85. The molecule has 0 saturated carbocycles. The van der Waals surface area contributed by atoms with Crippen LogP contribution in [-0.4, -0.2) is 52.3 Å². The minimum atomic E-state index is -0.222. The number of fused-ring (bicyclic) bond motifs is 1. The van der Waals surface area contributed by atoms with Crippen LogP contribution in [0, 0.1) is 11.7 Å². The molecule has 2 fully saturated rings. The van der Waals surface area contributed by atoms with Crippen LogP contribution < -0.4 is 0 Å². The summed E-state index contributed by atoms with van der Waals surface area (Å²) < 4.78 is 13.9. The summed E-state index contributed by atoms with van der Waals surface area (Å²) in [5.41, 5.74) is 1.24. The third-order valence-electron chi connectivity index (χ3n) is 5.92. The highest BCUT2D eigenvalue weighted by Gasteiger charge is 2.40. The number of nitrogens with zero attached hydrogens (tertiary/aromatic N) is 3. The van der Waals surface area contributed by atoms with Crippen molar-refractivity contribution < 1.29 is 14.0 Å². The van der Waals surface area contributed by atoms with Gasteiger partial charge in [0.25, 0.3) is 5.91 Å². The first-order valence-corrected chi connectivity index (χ1v) is 9.85. The zero-order valence-electron chi connectivity index (χ0n) is 15.8. The second kappa shape index (κ2) is 8.09. The van der Waals surface area contributed by atoms with E-state index in [9.17, 15) is 14.0 Å². The molecule has 28 heavy (non-hydrogen) atoms. The second-order valence-corrected chi connectivity index (χ2v) is 7.58. The van der Waals surface area contributed by atoms with E-state index in [1.165, 1.54) is 6.07 Å². The van der Waals surface area contributed by atoms with Crippen molar-refractivity contribution in [2.75, 3.05) is 19.6 Å². The number of halogens is 1. The number of aromatic nitrogens is 1. The van der Waals surface area contributed by atoms with E-state index in [0.29, 0.717) is 43.6 Å². The molecule has 2 aliphatic rings. The first kappa shape index (κ1) is 18.6. The lowest BCUT2D eigenvalue weighted by atomic mass is 9.83. The number of hydrogen-bond acceptors (Lipinski definition) is 3. The molecule has 1 aromatic heterocycles. The molecule has 0 unspecified atom stereocenters. The maximum Gasteiger partial charge on any atom is 0.255 e. The Morgan fingerprint density at radius 3 is 2.82 bits per heavy atom. The van der Waals surface area contributed by atoms with Crippen LogP contribution in [0.15, 0.2) is 48.8 Å². The fourth-order valence-corrected chi connectivity index (χ4v) is 4.44. The van der Waals surface area contributed by atoms with Gasteiger partial charge in [0, 0.05) is 44.5 Å². The number of benzene rings is 1. The van der Waals surface area contributed by atoms with Crippen molar-refractivity contribution in [3.8, 4) is 0 Å². The van der Waals surface area contributed by atoms with Gasteiger partial charge < -0.3 is 9.80 Å². The Bertz CT molecular complexity index is 858. The van der Waals surface area contributed by atoms with Crippen molar-refractivity contribution in [3.63, 3.8) is 0 Å². The van der Waals surface area contributed by atoms with E-state index < -0.39 is 0 Å². The number of carbonyl (C=O) groups excluding carboxylic acids is 2. The fraction of sp³-hybridized carbons (Fsp3) is 0.409. The fourth-order valence-electron chi connectivity index (χ4n) is 4.44. The summed E-state index contributed by atoms with van der Waals surface area (Å²) in [5.74, 6) is 0.194. The highest BCUT2D eigenvalue weighted by molar-refractivity contribution is 5.94. The monoisotopic (exact) mass is 381 g/mol. The summed E-state index contributed by atoms with van der Waals surface area (Å²) in [4.78, 5) is 33.1. The molecule has 2 aromatic rings. The number of likely N-dealkylation sites (tertiary alicyclic amines) is 2. The SMILES string of the molecule is O=C(c1cccnc1)N1CC[C@H]2[C@H](CCC(=O)N2CCc2ccccc2F)C1. The van der Waals surface area contributed by atoms with E-state index in [0.717, 1.165) is 12.8 Å². The summed E-state index contributed by atoms with van der Waals surface area (Å²) >= 11 is 0. The van der Waals surface area contributed by atoms with Crippen LogP contribution in [-0.2, 0) is 11.2 Å². The Kier molecular flexibility index (Phi) is 5.37. The van der Waals surface area contributed by atoms with E-state index in [-0.39, 0.29) is 29.6 Å². The van der Waals surface area contributed by atoms with E-state index in [1.807, 2.05) is 15.9 Å². The molecule has 2 amide bonds. The van der Waals surface area contributed by atoms with Gasteiger partial charge in [-0.2, -0.15) is 0 Å². The quantitative estimate of drug-likeness (QED) is 0.818. The highest BCUT2D eigenvalue weighted by atomic mass is 19.1. The largest absolute Gasteiger partial charge is 0.339 e. The van der Waals surface area contributed by atoms with Crippen molar-refractivity contribution in [1.82, 2.24) is 14.8 Å². The van der Waals surface area contributed by atoms with Crippen molar-refractivity contribution >= 4 is 11.8 Å². The molecule has 0 spiro atoms. The average Bonchev–Trinajstić information content (AvgIpc) is 2.74. The van der Waals surface area contributed by atoms with Gasteiger partial charge in [0.05, 0.1) is 5.56 Å². The molecule has 2 atom stereocenters. The number of carbonyl (C=O) groups is 2. The van der Waals surface area contributed by atoms with E-state index in [1.54, 1.807) is 36.7 Å². The molecular formula is C22H24FN3O2. The molecule has 0 aliphatic carbocycles. The molecule has 1 aromatic carbocycles. The lowest BCUT2D eigenvalue weighted by Crippen LogP contribution is -2.57. The van der Waals surface area contributed by atoms with Crippen molar-refractivity contribution in [2.45, 2.75) is 31.7 Å². The van der Waals surface area contributed by atoms with Crippen LogP contribution in [0.25, 0.3) is 0 Å². The molecule has 146 valence electrons. The molecule has 4 rings (SSSR count). The molecule has 2 aliphatic heterocycles. The number of pyridine rings is 1. The Labute approximate surface area is 164 Å². The van der Waals surface area contributed by atoms with Gasteiger partial charge in [-0.15, -0.1) is 0 Å². The zero-order chi connectivity index (χ0) is 19.5. The van der Waals surface area contributed by atoms with Gasteiger partial charge in [0.15, 0.2) is 0 Å². The van der Waals surface area contributed by atoms with Crippen LogP contribution in [0.1, 0.15) is 35.2 Å². The standard InChI is InChI=1S/C22H24FN3O2/c23-19-6-2-1-4-16(19)9-13-26-20-10-12-25(15-18(20)7-8-21(26)27)22(28)17-5-3-11-24-14-17/h1-6,11,14,18,20H,7-10,12-13,15H2/t18-,20+/m1/s1. The lowest BCUT2D eigenvalue weighted by Gasteiger charge is -2.47. The smallest absolute Gasteiger partial charge is 0.255 e. The van der Waals surface area contributed by atoms with Gasteiger partial charge in [-0.3, -0.25) is 14.6 Å². The summed E-state index contributed by atoms with van der Waals surface area (Å²) in [5, 5.41) is 0. The van der Waals surface area contributed by atoms with Gasteiger partial charge in [-0.1, -0.05) is 18.2 Å². The predicted octanol–water partition coefficient (Wildman–Crippen LogP) is 2.92. The minimum absolute atomic E-state index is 0.00126. The molecule has 6 heteroatoms. The topological polar surface area (TPSA) is 53.5 Å². The Morgan fingerprint density at radius 1 is 1.18 bits per heavy atom. The summed E-state index contributed by atoms with van der Waals surface area (Å²) in [6.45, 7) is 1.80. The Balaban J connectivity index is 1.42. The lowest BCUT2D eigenvalue weighted by molar-refractivity contribution is -0.140. The normalized spacial score (nSPS) is 22.1. The summed E-state index contributed by atoms with van der Waals surface area (Å²) in [7, 11) is 0. The molecule has 0 N–H and O–H groups in total. The number of rotatable bonds is 4. The maximum atomic E-state index is 13.9.